The molecule has 0 radical (unpaired) electrons. The molecular formula is C16H15F3N4O. The molecule has 0 unspecified atom stereocenters. The van der Waals surface area contributed by atoms with Gasteiger partial charge in [0.05, 0.1) is 0 Å². The Kier molecular flexibility index (Phi) is 4.98. The minimum Gasteiger partial charge on any atom is -0.406 e. The van der Waals surface area contributed by atoms with Crippen molar-refractivity contribution in [2.75, 3.05) is 17.2 Å². The topological polar surface area (TPSA) is 100 Å². The third kappa shape index (κ3) is 4.67. The van der Waals surface area contributed by atoms with Crippen LogP contribution in [0.3, 0.4) is 0 Å². The van der Waals surface area contributed by atoms with Crippen molar-refractivity contribution in [2.24, 2.45) is 0 Å². The number of benzene rings is 2. The lowest BCUT2D eigenvalue weighted by atomic mass is 10.1. The molecule has 0 saturated carbocycles. The van der Waals surface area contributed by atoms with Crippen LogP contribution >= 0.6 is 0 Å². The first-order chi connectivity index (χ1) is 11.3. The van der Waals surface area contributed by atoms with Crippen LogP contribution in [0.5, 0.6) is 5.75 Å². The smallest absolute Gasteiger partial charge is 0.406 e. The van der Waals surface area contributed by atoms with E-state index in [9.17, 15) is 13.2 Å². The monoisotopic (exact) mass is 336 g/mol. The number of aromatic nitrogens is 1. The number of anilines is 3. The average molecular weight is 336 g/mol. The van der Waals surface area contributed by atoms with Crippen LogP contribution in [0.15, 0.2) is 54.7 Å². The molecule has 0 fully saturated rings. The van der Waals surface area contributed by atoms with Crippen molar-refractivity contribution in [1.82, 2.24) is 4.98 Å². The molecule has 1 aromatic heterocycles. The van der Waals surface area contributed by atoms with Gasteiger partial charge in [-0.25, -0.2) is 4.98 Å². The van der Waals surface area contributed by atoms with Crippen LogP contribution in [0.25, 0.3) is 10.8 Å². The van der Waals surface area contributed by atoms with E-state index in [-0.39, 0.29) is 11.4 Å². The molecule has 0 bridgehead atoms. The van der Waals surface area contributed by atoms with Crippen molar-refractivity contribution in [1.29, 1.82) is 0 Å². The molecule has 0 aliphatic carbocycles. The summed E-state index contributed by atoms with van der Waals surface area (Å²) in [6.45, 7) is 0. The predicted molar refractivity (Wildman–Crippen MR) is 88.1 cm³/mol. The molecule has 3 rings (SSSR count). The lowest BCUT2D eigenvalue weighted by Gasteiger charge is -2.08. The molecule has 0 amide bonds. The summed E-state index contributed by atoms with van der Waals surface area (Å²) < 4.78 is 38.4. The van der Waals surface area contributed by atoms with Crippen molar-refractivity contribution < 1.29 is 17.9 Å². The van der Waals surface area contributed by atoms with E-state index in [1.54, 1.807) is 6.20 Å². The quantitative estimate of drug-likeness (QED) is 0.590. The number of nitrogen functional groups attached to an aromatic ring is 3. The van der Waals surface area contributed by atoms with Gasteiger partial charge in [0.25, 0.3) is 0 Å². The van der Waals surface area contributed by atoms with Gasteiger partial charge < -0.3 is 21.9 Å². The Balaban J connectivity index is 0.000000174. The van der Waals surface area contributed by atoms with E-state index in [1.807, 2.05) is 24.3 Å². The molecule has 0 atom stereocenters. The van der Waals surface area contributed by atoms with Crippen molar-refractivity contribution in [3.05, 3.63) is 54.7 Å². The minimum absolute atomic E-state index is 0.233. The molecule has 3 aromatic rings. The van der Waals surface area contributed by atoms with Gasteiger partial charge in [0, 0.05) is 34.4 Å². The molecule has 0 saturated heterocycles. The van der Waals surface area contributed by atoms with Crippen molar-refractivity contribution in [3.63, 3.8) is 0 Å². The van der Waals surface area contributed by atoms with Gasteiger partial charge in [-0.1, -0.05) is 18.2 Å². The van der Waals surface area contributed by atoms with E-state index in [0.29, 0.717) is 5.82 Å². The molecule has 0 aliphatic rings. The van der Waals surface area contributed by atoms with Crippen molar-refractivity contribution >= 4 is 28.0 Å². The Morgan fingerprint density at radius 1 is 0.875 bits per heavy atom. The highest BCUT2D eigenvalue weighted by molar-refractivity contribution is 5.98. The van der Waals surface area contributed by atoms with Gasteiger partial charge in [0.1, 0.15) is 11.6 Å². The second kappa shape index (κ2) is 6.95. The van der Waals surface area contributed by atoms with Crippen LogP contribution in [-0.4, -0.2) is 11.3 Å². The van der Waals surface area contributed by atoms with Gasteiger partial charge in [0.15, 0.2) is 0 Å². The second-order valence-corrected chi connectivity index (χ2v) is 4.76. The summed E-state index contributed by atoms with van der Waals surface area (Å²) in [5.41, 5.74) is 17.6. The molecule has 0 spiro atoms. The van der Waals surface area contributed by atoms with Crippen LogP contribution in [-0.2, 0) is 0 Å². The summed E-state index contributed by atoms with van der Waals surface area (Å²) >= 11 is 0. The summed E-state index contributed by atoms with van der Waals surface area (Å²) in [5.74, 6) is 0.224. The van der Waals surface area contributed by atoms with E-state index in [2.05, 4.69) is 9.72 Å². The number of ether oxygens (including phenoxy) is 1. The highest BCUT2D eigenvalue weighted by Crippen LogP contribution is 2.24. The molecule has 126 valence electrons. The zero-order chi connectivity index (χ0) is 17.7. The van der Waals surface area contributed by atoms with Gasteiger partial charge in [-0.15, -0.1) is 13.2 Å². The predicted octanol–water partition coefficient (Wildman–Crippen LogP) is 3.57. The molecular weight excluding hydrogens is 321 g/mol. The fraction of sp³-hybridized carbons (Fsp3) is 0.0625. The SMILES string of the molecule is Nc1cccc(OC(F)(F)F)c1.Nc1cccc2c(N)nccc12. The number of alkyl halides is 3. The zero-order valence-corrected chi connectivity index (χ0v) is 12.4. The van der Waals surface area contributed by atoms with Gasteiger partial charge in [-0.2, -0.15) is 0 Å². The number of rotatable bonds is 1. The standard InChI is InChI=1S/C9H9N3.C7H6F3NO/c10-8-3-1-2-7-6(8)4-5-12-9(7)11;8-7(9,10)12-6-3-1-2-5(11)4-6/h1-5H,10H2,(H2,11,12);1-4H,11H2. The number of nitrogens with two attached hydrogens (primary N) is 3. The third-order valence-electron chi connectivity index (χ3n) is 2.96. The zero-order valence-electron chi connectivity index (χ0n) is 12.4. The van der Waals surface area contributed by atoms with Crippen LogP contribution in [0, 0.1) is 0 Å². The van der Waals surface area contributed by atoms with E-state index in [0.717, 1.165) is 22.5 Å². The van der Waals surface area contributed by atoms with E-state index in [4.69, 9.17) is 17.2 Å². The number of hydrogen-bond acceptors (Lipinski definition) is 5. The third-order valence-corrected chi connectivity index (χ3v) is 2.96. The summed E-state index contributed by atoms with van der Waals surface area (Å²) in [6.07, 6.45) is -3.00. The minimum atomic E-state index is -4.66. The Hall–Kier alpha value is -3.16. The van der Waals surface area contributed by atoms with Gasteiger partial charge in [-0.05, 0) is 24.3 Å². The molecule has 24 heavy (non-hydrogen) atoms. The number of halogens is 3. The Bertz CT molecular complexity index is 796. The number of nitrogens with zero attached hydrogens (tertiary/aromatic N) is 1. The van der Waals surface area contributed by atoms with Crippen LogP contribution in [0.4, 0.5) is 30.4 Å². The Labute approximate surface area is 135 Å². The first-order valence-electron chi connectivity index (χ1n) is 6.76. The van der Waals surface area contributed by atoms with Gasteiger partial charge >= 0.3 is 6.36 Å². The van der Waals surface area contributed by atoms with E-state index in [1.165, 1.54) is 18.2 Å². The van der Waals surface area contributed by atoms with E-state index >= 15 is 0 Å². The first kappa shape index (κ1) is 17.2. The highest BCUT2D eigenvalue weighted by atomic mass is 19.4. The van der Waals surface area contributed by atoms with Crippen LogP contribution in [0.2, 0.25) is 0 Å². The van der Waals surface area contributed by atoms with Gasteiger partial charge in [0.2, 0.25) is 0 Å². The number of fused-ring (bicyclic) bond motifs is 1. The summed E-state index contributed by atoms with van der Waals surface area (Å²) in [7, 11) is 0. The lowest BCUT2D eigenvalue weighted by molar-refractivity contribution is -0.274. The molecule has 0 aliphatic heterocycles. The maximum Gasteiger partial charge on any atom is 0.573 e. The lowest BCUT2D eigenvalue weighted by Crippen LogP contribution is -2.17. The Morgan fingerprint density at radius 2 is 1.58 bits per heavy atom. The number of hydrogen-bond donors (Lipinski definition) is 3. The molecule has 1 heterocycles. The summed E-state index contributed by atoms with van der Waals surface area (Å²) in [4.78, 5) is 3.97. The average Bonchev–Trinajstić information content (AvgIpc) is 2.47. The van der Waals surface area contributed by atoms with Gasteiger partial charge in [-0.3, -0.25) is 0 Å². The fourth-order valence-electron chi connectivity index (χ4n) is 1.97. The second-order valence-electron chi connectivity index (χ2n) is 4.76. The fourth-order valence-corrected chi connectivity index (χ4v) is 1.97. The molecule has 5 nitrogen and oxygen atoms in total. The largest absolute Gasteiger partial charge is 0.573 e. The normalized spacial score (nSPS) is 10.8. The van der Waals surface area contributed by atoms with Crippen LogP contribution in [0.1, 0.15) is 0 Å². The molecule has 6 N–H and O–H groups in total. The van der Waals surface area contributed by atoms with Crippen molar-refractivity contribution in [3.8, 4) is 5.75 Å². The maximum absolute atomic E-state index is 11.6. The Morgan fingerprint density at radius 3 is 2.21 bits per heavy atom. The maximum atomic E-state index is 11.6. The molecule has 8 heteroatoms. The molecule has 2 aromatic carbocycles. The summed E-state index contributed by atoms with van der Waals surface area (Å²) in [6, 6.07) is 12.6. The van der Waals surface area contributed by atoms with Crippen molar-refractivity contribution in [2.45, 2.75) is 6.36 Å². The first-order valence-corrected chi connectivity index (χ1v) is 6.76. The summed E-state index contributed by atoms with van der Waals surface area (Å²) in [5, 5.41) is 1.88. The number of pyridine rings is 1. The van der Waals surface area contributed by atoms with Crippen LogP contribution < -0.4 is 21.9 Å². The highest BCUT2D eigenvalue weighted by Gasteiger charge is 2.30. The van der Waals surface area contributed by atoms with E-state index < -0.39 is 6.36 Å².